The quantitative estimate of drug-likeness (QED) is 0.700. The van der Waals surface area contributed by atoms with Gasteiger partial charge in [-0.05, 0) is 35.7 Å². The number of carboxylic acid groups (broad SMARTS) is 1. The molecule has 0 atom stereocenters. The molecule has 126 valence electrons. The van der Waals surface area contributed by atoms with Crippen LogP contribution in [0.4, 0.5) is 5.69 Å². The summed E-state index contributed by atoms with van der Waals surface area (Å²) in [6.45, 7) is 4.45. The largest absolute Gasteiger partial charge is 0.478 e. The van der Waals surface area contributed by atoms with Crippen molar-refractivity contribution in [3.63, 3.8) is 0 Å². The van der Waals surface area contributed by atoms with Gasteiger partial charge in [-0.15, -0.1) is 11.8 Å². The Morgan fingerprint density at radius 2 is 1.88 bits per heavy atom. The van der Waals surface area contributed by atoms with Gasteiger partial charge < -0.3 is 10.4 Å². The van der Waals surface area contributed by atoms with Gasteiger partial charge in [0.25, 0.3) is 0 Å². The molecule has 2 aromatic carbocycles. The van der Waals surface area contributed by atoms with Crippen LogP contribution in [0, 0.1) is 0 Å². The van der Waals surface area contributed by atoms with Gasteiger partial charge in [0.05, 0.1) is 17.9 Å². The molecular formula is C19H21NO3S. The summed E-state index contributed by atoms with van der Waals surface area (Å²) in [7, 11) is 0. The number of benzene rings is 2. The maximum atomic E-state index is 12.1. The molecule has 2 N–H and O–H groups in total. The van der Waals surface area contributed by atoms with Crippen LogP contribution in [-0.4, -0.2) is 29.2 Å². The third-order valence-corrected chi connectivity index (χ3v) is 4.68. The Kier molecular flexibility index (Phi) is 6.44. The summed E-state index contributed by atoms with van der Waals surface area (Å²) in [6, 6.07) is 14.6. The van der Waals surface area contributed by atoms with Crippen molar-refractivity contribution in [3.8, 4) is 0 Å². The second kappa shape index (κ2) is 8.55. The monoisotopic (exact) mass is 343 g/mol. The van der Waals surface area contributed by atoms with Crippen LogP contribution in [0.5, 0.6) is 0 Å². The van der Waals surface area contributed by atoms with Crippen molar-refractivity contribution in [2.45, 2.75) is 24.7 Å². The lowest BCUT2D eigenvalue weighted by atomic mass is 10.0. The molecule has 0 aromatic heterocycles. The van der Waals surface area contributed by atoms with Crippen molar-refractivity contribution >= 4 is 29.2 Å². The summed E-state index contributed by atoms with van der Waals surface area (Å²) in [6.07, 6.45) is 0. The van der Waals surface area contributed by atoms with Crippen LogP contribution in [-0.2, 0) is 4.79 Å². The van der Waals surface area contributed by atoms with Crippen LogP contribution in [0.2, 0.25) is 0 Å². The molecule has 2 rings (SSSR count). The Morgan fingerprint density at radius 1 is 1.12 bits per heavy atom. The lowest BCUT2D eigenvalue weighted by Crippen LogP contribution is -2.16. The number of carboxylic acids is 1. The Hall–Kier alpha value is -2.27. The predicted octanol–water partition coefficient (Wildman–Crippen LogP) is 4.28. The van der Waals surface area contributed by atoms with Crippen LogP contribution in [0.15, 0.2) is 53.4 Å². The minimum atomic E-state index is -0.981. The van der Waals surface area contributed by atoms with Gasteiger partial charge in [0.15, 0.2) is 5.78 Å². The standard InChI is InChI=1S/C19H21NO3S/c1-13(2)17-8-3-4-9-18(17)24-12-16(21)11-20-15-7-5-6-14(10-15)19(22)23/h3-10,13,20H,11-12H2,1-2H3,(H,22,23). The molecule has 0 aliphatic carbocycles. The van der Waals surface area contributed by atoms with Gasteiger partial charge in [-0.25, -0.2) is 4.79 Å². The van der Waals surface area contributed by atoms with E-state index in [1.807, 2.05) is 18.2 Å². The number of Topliss-reactive ketones (excluding diaryl/α,β-unsaturated/α-hetero) is 1. The van der Waals surface area contributed by atoms with E-state index in [0.717, 1.165) is 4.90 Å². The van der Waals surface area contributed by atoms with E-state index in [-0.39, 0.29) is 17.9 Å². The molecule has 2 aromatic rings. The number of carbonyl (C=O) groups is 2. The summed E-state index contributed by atoms with van der Waals surface area (Å²) in [4.78, 5) is 24.2. The zero-order chi connectivity index (χ0) is 17.5. The van der Waals surface area contributed by atoms with Gasteiger partial charge in [-0.3, -0.25) is 4.79 Å². The molecule has 0 aliphatic rings. The summed E-state index contributed by atoms with van der Waals surface area (Å²) in [5.74, 6) is -0.110. The second-order valence-corrected chi connectivity index (χ2v) is 6.78. The lowest BCUT2D eigenvalue weighted by Gasteiger charge is -2.12. The van der Waals surface area contributed by atoms with E-state index in [0.29, 0.717) is 17.4 Å². The molecule has 0 aliphatic heterocycles. The zero-order valence-electron chi connectivity index (χ0n) is 13.8. The molecule has 0 amide bonds. The molecule has 4 nitrogen and oxygen atoms in total. The highest BCUT2D eigenvalue weighted by atomic mass is 32.2. The average Bonchev–Trinajstić information content (AvgIpc) is 2.58. The second-order valence-electron chi connectivity index (χ2n) is 5.76. The Bertz CT molecular complexity index is 728. The average molecular weight is 343 g/mol. The summed E-state index contributed by atoms with van der Waals surface area (Å²) in [5.41, 5.74) is 2.08. The van der Waals surface area contributed by atoms with Crippen LogP contribution < -0.4 is 5.32 Å². The Labute approximate surface area is 146 Å². The molecule has 0 saturated heterocycles. The lowest BCUT2D eigenvalue weighted by molar-refractivity contribution is -0.115. The highest BCUT2D eigenvalue weighted by molar-refractivity contribution is 8.00. The smallest absolute Gasteiger partial charge is 0.335 e. The number of thioether (sulfide) groups is 1. The fourth-order valence-electron chi connectivity index (χ4n) is 2.26. The van der Waals surface area contributed by atoms with E-state index >= 15 is 0 Å². The Morgan fingerprint density at radius 3 is 2.58 bits per heavy atom. The fraction of sp³-hybridized carbons (Fsp3) is 0.263. The first-order valence-electron chi connectivity index (χ1n) is 7.78. The topological polar surface area (TPSA) is 66.4 Å². The third-order valence-electron chi connectivity index (χ3n) is 3.53. The van der Waals surface area contributed by atoms with E-state index in [2.05, 4.69) is 25.2 Å². The molecular weight excluding hydrogens is 322 g/mol. The molecule has 0 radical (unpaired) electrons. The number of aromatic carboxylic acids is 1. The van der Waals surface area contributed by atoms with Crippen molar-refractivity contribution in [3.05, 3.63) is 59.7 Å². The van der Waals surface area contributed by atoms with E-state index in [9.17, 15) is 9.59 Å². The van der Waals surface area contributed by atoms with E-state index in [4.69, 9.17) is 5.11 Å². The summed E-state index contributed by atoms with van der Waals surface area (Å²) in [5, 5.41) is 12.0. The summed E-state index contributed by atoms with van der Waals surface area (Å²) >= 11 is 1.54. The molecule has 0 unspecified atom stereocenters. The summed E-state index contributed by atoms with van der Waals surface area (Å²) < 4.78 is 0. The number of ketones is 1. The van der Waals surface area contributed by atoms with Gasteiger partial charge in [-0.2, -0.15) is 0 Å². The van der Waals surface area contributed by atoms with Gasteiger partial charge in [-0.1, -0.05) is 38.1 Å². The maximum absolute atomic E-state index is 12.1. The number of hydrogen-bond donors (Lipinski definition) is 2. The minimum absolute atomic E-state index is 0.0688. The molecule has 24 heavy (non-hydrogen) atoms. The highest BCUT2D eigenvalue weighted by Gasteiger charge is 2.09. The van der Waals surface area contributed by atoms with Crippen molar-refractivity contribution in [2.75, 3.05) is 17.6 Å². The first-order chi connectivity index (χ1) is 11.5. The van der Waals surface area contributed by atoms with Crippen LogP contribution in [0.25, 0.3) is 0 Å². The molecule has 0 bridgehead atoms. The Balaban J connectivity index is 1.88. The number of nitrogens with one attached hydrogen (secondary N) is 1. The zero-order valence-corrected chi connectivity index (χ0v) is 14.6. The number of anilines is 1. The fourth-order valence-corrected chi connectivity index (χ4v) is 3.32. The maximum Gasteiger partial charge on any atom is 0.335 e. The number of carbonyl (C=O) groups excluding carboxylic acids is 1. The first-order valence-corrected chi connectivity index (χ1v) is 8.76. The highest BCUT2D eigenvalue weighted by Crippen LogP contribution is 2.28. The van der Waals surface area contributed by atoms with Gasteiger partial charge in [0, 0.05) is 10.6 Å². The van der Waals surface area contributed by atoms with Gasteiger partial charge in [0.1, 0.15) is 0 Å². The predicted molar refractivity (Wildman–Crippen MR) is 98.2 cm³/mol. The van der Waals surface area contributed by atoms with Crippen LogP contribution in [0.3, 0.4) is 0 Å². The molecule has 5 heteroatoms. The molecule has 0 fully saturated rings. The first kappa shape index (κ1) is 18.1. The molecule has 0 saturated carbocycles. The van der Waals surface area contributed by atoms with E-state index in [1.54, 1.807) is 23.9 Å². The van der Waals surface area contributed by atoms with Gasteiger partial charge in [0.2, 0.25) is 0 Å². The normalized spacial score (nSPS) is 10.6. The van der Waals surface area contributed by atoms with Crippen LogP contribution >= 0.6 is 11.8 Å². The number of hydrogen-bond acceptors (Lipinski definition) is 4. The van der Waals surface area contributed by atoms with Crippen molar-refractivity contribution < 1.29 is 14.7 Å². The van der Waals surface area contributed by atoms with E-state index < -0.39 is 5.97 Å². The van der Waals surface area contributed by atoms with Crippen LogP contribution in [0.1, 0.15) is 35.7 Å². The minimum Gasteiger partial charge on any atom is -0.478 e. The van der Waals surface area contributed by atoms with E-state index in [1.165, 1.54) is 17.7 Å². The van der Waals surface area contributed by atoms with Crippen molar-refractivity contribution in [1.82, 2.24) is 0 Å². The van der Waals surface area contributed by atoms with Crippen molar-refractivity contribution in [1.29, 1.82) is 0 Å². The molecule has 0 heterocycles. The third kappa shape index (κ3) is 5.13. The van der Waals surface area contributed by atoms with Gasteiger partial charge >= 0.3 is 5.97 Å². The SMILES string of the molecule is CC(C)c1ccccc1SCC(=O)CNc1cccc(C(=O)O)c1. The van der Waals surface area contributed by atoms with Crippen molar-refractivity contribution in [2.24, 2.45) is 0 Å². The number of rotatable bonds is 8. The molecule has 0 spiro atoms.